The topological polar surface area (TPSA) is 67.0 Å². The minimum atomic E-state index is 0.124. The van der Waals surface area contributed by atoms with Gasteiger partial charge in [0.25, 0.3) is 0 Å². The Morgan fingerprint density at radius 2 is 1.93 bits per heavy atom. The average Bonchev–Trinajstić information content (AvgIpc) is 3.30. The van der Waals surface area contributed by atoms with Gasteiger partial charge in [-0.05, 0) is 32.0 Å². The van der Waals surface area contributed by atoms with E-state index in [0.717, 1.165) is 59.2 Å². The summed E-state index contributed by atoms with van der Waals surface area (Å²) in [6, 6.07) is 8.67. The van der Waals surface area contributed by atoms with Crippen LogP contribution < -0.4 is 4.74 Å². The molecule has 5 rings (SSSR count). The van der Waals surface area contributed by atoms with Crippen LogP contribution in [0.25, 0.3) is 33.2 Å². The lowest BCUT2D eigenvalue weighted by Crippen LogP contribution is -2.26. The second-order valence-electron chi connectivity index (χ2n) is 7.86. The molecule has 0 N–H and O–H groups in total. The van der Waals surface area contributed by atoms with Gasteiger partial charge in [0.05, 0.1) is 41.5 Å². The molecule has 0 aliphatic carbocycles. The molecule has 0 amide bonds. The lowest BCUT2D eigenvalue weighted by Gasteiger charge is -2.23. The number of aryl methyl sites for hydroxylation is 1. The summed E-state index contributed by atoms with van der Waals surface area (Å²) >= 11 is 0. The Balaban J connectivity index is 1.62. The van der Waals surface area contributed by atoms with Crippen molar-refractivity contribution in [2.75, 3.05) is 13.2 Å². The van der Waals surface area contributed by atoms with Crippen LogP contribution in [0.1, 0.15) is 32.7 Å². The molecule has 4 aromatic rings. The molecule has 1 fully saturated rings. The maximum absolute atomic E-state index is 6.30. The Hall–Kier alpha value is -2.93. The third-order valence-electron chi connectivity index (χ3n) is 5.58. The predicted octanol–water partition coefficient (Wildman–Crippen LogP) is 4.12. The summed E-state index contributed by atoms with van der Waals surface area (Å²) in [5, 5.41) is 5.75. The van der Waals surface area contributed by atoms with Crippen LogP contribution in [0.2, 0.25) is 0 Å². The second-order valence-corrected chi connectivity index (χ2v) is 7.86. The number of aromatic nitrogens is 5. The van der Waals surface area contributed by atoms with Crippen LogP contribution in [-0.4, -0.2) is 43.6 Å². The summed E-state index contributed by atoms with van der Waals surface area (Å²) in [7, 11) is 1.95. The highest BCUT2D eigenvalue weighted by Gasteiger charge is 2.22. The Bertz CT molecular complexity index is 1170. The highest BCUT2D eigenvalue weighted by molar-refractivity contribution is 5.98. The smallest absolute Gasteiger partial charge is 0.225 e. The van der Waals surface area contributed by atoms with Gasteiger partial charge in [-0.15, -0.1) is 0 Å². The molecule has 0 radical (unpaired) electrons. The van der Waals surface area contributed by atoms with Gasteiger partial charge in [-0.3, -0.25) is 4.68 Å². The van der Waals surface area contributed by atoms with Crippen molar-refractivity contribution < 1.29 is 9.47 Å². The first-order valence-corrected chi connectivity index (χ1v) is 10.1. The summed E-state index contributed by atoms with van der Waals surface area (Å²) in [5.74, 6) is 0.644. The van der Waals surface area contributed by atoms with Crippen LogP contribution in [-0.2, 0) is 11.8 Å². The van der Waals surface area contributed by atoms with Gasteiger partial charge in [0.15, 0.2) is 0 Å². The number of rotatable bonds is 4. The number of pyridine rings is 1. The quantitative estimate of drug-likeness (QED) is 0.523. The molecule has 150 valence electrons. The van der Waals surface area contributed by atoms with E-state index in [4.69, 9.17) is 14.6 Å². The first-order chi connectivity index (χ1) is 14.1. The fourth-order valence-electron chi connectivity index (χ4n) is 4.01. The van der Waals surface area contributed by atoms with Gasteiger partial charge in [0, 0.05) is 37.7 Å². The highest BCUT2D eigenvalue weighted by atomic mass is 16.5. The van der Waals surface area contributed by atoms with Crippen molar-refractivity contribution in [1.29, 1.82) is 0 Å². The first kappa shape index (κ1) is 18.1. The van der Waals surface area contributed by atoms with E-state index in [1.165, 1.54) is 0 Å². The summed E-state index contributed by atoms with van der Waals surface area (Å²) in [6.07, 6.45) is 5.57. The molecule has 0 spiro atoms. The molecule has 0 unspecified atom stereocenters. The number of fused-ring (bicyclic) bond motifs is 2. The highest BCUT2D eigenvalue weighted by Crippen LogP contribution is 2.35. The van der Waals surface area contributed by atoms with E-state index in [-0.39, 0.29) is 6.10 Å². The summed E-state index contributed by atoms with van der Waals surface area (Å²) in [5.41, 5.74) is 4.98. The largest absolute Gasteiger partial charge is 0.474 e. The van der Waals surface area contributed by atoms with E-state index in [1.54, 1.807) is 6.20 Å². The molecule has 0 saturated carbocycles. The van der Waals surface area contributed by atoms with Crippen LogP contribution in [0.15, 0.2) is 36.8 Å². The van der Waals surface area contributed by atoms with E-state index >= 15 is 0 Å². The Kier molecular flexibility index (Phi) is 4.47. The van der Waals surface area contributed by atoms with E-state index < -0.39 is 0 Å². The van der Waals surface area contributed by atoms with Crippen LogP contribution in [0.5, 0.6) is 5.88 Å². The van der Waals surface area contributed by atoms with Gasteiger partial charge >= 0.3 is 0 Å². The molecular weight excluding hydrogens is 366 g/mol. The van der Waals surface area contributed by atoms with Gasteiger partial charge in [0.1, 0.15) is 11.8 Å². The number of benzene rings is 1. The van der Waals surface area contributed by atoms with Crippen molar-refractivity contribution in [2.24, 2.45) is 7.05 Å². The van der Waals surface area contributed by atoms with Crippen LogP contribution in [0.3, 0.4) is 0 Å². The fraction of sp³-hybridized carbons (Fsp3) is 0.409. The molecule has 1 aromatic carbocycles. The molecule has 1 saturated heterocycles. The summed E-state index contributed by atoms with van der Waals surface area (Å²) in [6.45, 7) is 5.78. The average molecular weight is 391 g/mol. The van der Waals surface area contributed by atoms with Crippen molar-refractivity contribution in [1.82, 2.24) is 24.3 Å². The van der Waals surface area contributed by atoms with E-state index in [2.05, 4.69) is 46.6 Å². The minimum absolute atomic E-state index is 0.124. The van der Waals surface area contributed by atoms with Crippen LogP contribution >= 0.6 is 0 Å². The number of nitrogens with zero attached hydrogens (tertiary/aromatic N) is 5. The number of hydrogen-bond acceptors (Lipinski definition) is 5. The normalized spacial score (nSPS) is 15.6. The van der Waals surface area contributed by atoms with Crippen molar-refractivity contribution in [2.45, 2.75) is 38.8 Å². The standard InChI is InChI=1S/C22H25N5O2/c1-14(2)27-13-24-17-12-15(4-5-18(17)27)21-20-19(26(3)25-21)6-9-23-22(20)29-16-7-10-28-11-8-16/h4-6,9,12-14,16H,7-8,10-11H2,1-3H3. The van der Waals surface area contributed by atoms with Gasteiger partial charge in [0.2, 0.25) is 5.88 Å². The fourth-order valence-corrected chi connectivity index (χ4v) is 4.01. The molecule has 1 aliphatic heterocycles. The third kappa shape index (κ3) is 3.15. The van der Waals surface area contributed by atoms with Gasteiger partial charge in [-0.2, -0.15) is 5.10 Å². The lowest BCUT2D eigenvalue weighted by atomic mass is 10.1. The number of imidazole rings is 1. The number of hydrogen-bond donors (Lipinski definition) is 0. The van der Waals surface area contributed by atoms with Gasteiger partial charge in [-0.25, -0.2) is 9.97 Å². The molecule has 7 heteroatoms. The zero-order valence-corrected chi connectivity index (χ0v) is 17.0. The maximum atomic E-state index is 6.30. The Labute approximate surface area is 169 Å². The van der Waals surface area contributed by atoms with Crippen molar-refractivity contribution in [3.8, 4) is 17.1 Å². The van der Waals surface area contributed by atoms with E-state index in [9.17, 15) is 0 Å². The van der Waals surface area contributed by atoms with Crippen LogP contribution in [0, 0.1) is 0 Å². The summed E-state index contributed by atoms with van der Waals surface area (Å²) in [4.78, 5) is 9.15. The molecule has 29 heavy (non-hydrogen) atoms. The zero-order chi connectivity index (χ0) is 20.0. The first-order valence-electron chi connectivity index (χ1n) is 10.1. The van der Waals surface area contributed by atoms with Crippen molar-refractivity contribution >= 4 is 21.9 Å². The van der Waals surface area contributed by atoms with E-state index in [1.807, 2.05) is 24.1 Å². The molecule has 7 nitrogen and oxygen atoms in total. The molecule has 1 aliphatic rings. The Morgan fingerprint density at radius 3 is 2.72 bits per heavy atom. The van der Waals surface area contributed by atoms with Gasteiger partial charge in [-0.1, -0.05) is 6.07 Å². The van der Waals surface area contributed by atoms with Gasteiger partial charge < -0.3 is 14.0 Å². The Morgan fingerprint density at radius 1 is 1.10 bits per heavy atom. The minimum Gasteiger partial charge on any atom is -0.474 e. The molecular formula is C22H25N5O2. The molecule has 0 bridgehead atoms. The molecule has 3 aromatic heterocycles. The number of ether oxygens (including phenoxy) is 2. The predicted molar refractivity (Wildman–Crippen MR) is 112 cm³/mol. The van der Waals surface area contributed by atoms with Crippen LogP contribution in [0.4, 0.5) is 0 Å². The van der Waals surface area contributed by atoms with E-state index in [0.29, 0.717) is 11.9 Å². The SMILES string of the molecule is CC(C)n1cnc2cc(-c3nn(C)c4ccnc(OC5CCOCC5)c34)ccc21. The molecule has 0 atom stereocenters. The zero-order valence-electron chi connectivity index (χ0n) is 17.0. The second kappa shape index (κ2) is 7.15. The third-order valence-corrected chi connectivity index (χ3v) is 5.58. The van der Waals surface area contributed by atoms with Crippen molar-refractivity contribution in [3.63, 3.8) is 0 Å². The maximum Gasteiger partial charge on any atom is 0.225 e. The lowest BCUT2D eigenvalue weighted by molar-refractivity contribution is 0.0244. The molecule has 4 heterocycles. The van der Waals surface area contributed by atoms with Crippen molar-refractivity contribution in [3.05, 3.63) is 36.8 Å². The summed E-state index contributed by atoms with van der Waals surface area (Å²) < 4.78 is 15.8. The monoisotopic (exact) mass is 391 g/mol.